The van der Waals surface area contributed by atoms with E-state index >= 15 is 0 Å². The van der Waals surface area contributed by atoms with Gasteiger partial charge in [0.15, 0.2) is 6.10 Å². The summed E-state index contributed by atoms with van der Waals surface area (Å²) in [5.41, 5.74) is -0.363. The van der Waals surface area contributed by atoms with Crippen molar-refractivity contribution in [3.05, 3.63) is 65.2 Å². The molecule has 6 nitrogen and oxygen atoms in total. The molecule has 0 saturated carbocycles. The molecule has 0 aliphatic heterocycles. The van der Waals surface area contributed by atoms with Crippen LogP contribution in [-0.2, 0) is 20.4 Å². The normalized spacial score (nSPS) is 12.0. The van der Waals surface area contributed by atoms with Crippen LogP contribution < -0.4 is 5.32 Å². The van der Waals surface area contributed by atoms with Crippen LogP contribution in [-0.4, -0.2) is 31.1 Å². The highest BCUT2D eigenvalue weighted by Gasteiger charge is 2.30. The Morgan fingerprint density at radius 3 is 1.86 bits per heavy atom. The zero-order valence-electron chi connectivity index (χ0n) is 14.9. The molecule has 0 saturated heterocycles. The summed E-state index contributed by atoms with van der Waals surface area (Å²) in [6, 6.07) is 9.28. The van der Waals surface area contributed by atoms with E-state index in [1.807, 2.05) is 0 Å². The van der Waals surface area contributed by atoms with Crippen molar-refractivity contribution in [1.82, 2.24) is 0 Å². The summed E-state index contributed by atoms with van der Waals surface area (Å²) in [7, 11) is 1.22. The summed E-state index contributed by atoms with van der Waals surface area (Å²) in [6.07, 6.45) is -5.68. The van der Waals surface area contributed by atoms with Gasteiger partial charge in [0.05, 0.1) is 23.8 Å². The highest BCUT2D eigenvalue weighted by molar-refractivity contribution is 5.98. The topological polar surface area (TPSA) is 81.7 Å². The maximum atomic E-state index is 12.5. The van der Waals surface area contributed by atoms with Gasteiger partial charge in [0.25, 0.3) is 5.91 Å². The minimum Gasteiger partial charge on any atom is -0.465 e. The second kappa shape index (κ2) is 8.55. The van der Waals surface area contributed by atoms with Crippen LogP contribution >= 0.6 is 0 Å². The molecule has 0 aliphatic rings. The van der Waals surface area contributed by atoms with Crippen LogP contribution in [0.5, 0.6) is 0 Å². The van der Waals surface area contributed by atoms with E-state index in [0.29, 0.717) is 0 Å². The van der Waals surface area contributed by atoms with Crippen molar-refractivity contribution in [2.45, 2.75) is 19.2 Å². The van der Waals surface area contributed by atoms with E-state index in [1.165, 1.54) is 38.3 Å². The fourth-order valence-corrected chi connectivity index (χ4v) is 2.13. The molecule has 0 spiro atoms. The molecule has 0 aromatic heterocycles. The van der Waals surface area contributed by atoms with Crippen LogP contribution in [0.1, 0.15) is 33.2 Å². The van der Waals surface area contributed by atoms with Crippen molar-refractivity contribution >= 4 is 23.5 Å². The minimum absolute atomic E-state index is 0.113. The van der Waals surface area contributed by atoms with Crippen molar-refractivity contribution in [3.8, 4) is 0 Å². The molecule has 0 radical (unpaired) electrons. The number of halogens is 3. The summed E-state index contributed by atoms with van der Waals surface area (Å²) < 4.78 is 47.2. The summed E-state index contributed by atoms with van der Waals surface area (Å²) >= 11 is 0. The molecular formula is C19H16F3NO5. The molecule has 1 N–H and O–H groups in total. The number of amides is 1. The lowest BCUT2D eigenvalue weighted by atomic mass is 10.1. The lowest BCUT2D eigenvalue weighted by Gasteiger charge is -2.14. The number of carbonyl (C=O) groups excluding carboxylic acids is 3. The van der Waals surface area contributed by atoms with Gasteiger partial charge in [0, 0.05) is 5.69 Å². The second-order valence-corrected chi connectivity index (χ2v) is 5.68. The fourth-order valence-electron chi connectivity index (χ4n) is 2.13. The first-order valence-corrected chi connectivity index (χ1v) is 7.99. The van der Waals surface area contributed by atoms with Crippen molar-refractivity contribution < 1.29 is 37.0 Å². The van der Waals surface area contributed by atoms with E-state index in [4.69, 9.17) is 4.74 Å². The first-order chi connectivity index (χ1) is 13.1. The lowest BCUT2D eigenvalue weighted by molar-refractivity contribution is -0.137. The Bertz CT molecular complexity index is 861. The fraction of sp³-hybridized carbons (Fsp3) is 0.211. The Labute approximate surface area is 158 Å². The SMILES string of the molecule is COC(=O)c1ccc(C(=O)OC(C)C(=O)Nc2ccc(C(F)(F)F)cc2)cc1. The number of hydrogen-bond donors (Lipinski definition) is 1. The number of carbonyl (C=O) groups is 3. The van der Waals surface area contributed by atoms with Gasteiger partial charge in [-0.3, -0.25) is 4.79 Å². The van der Waals surface area contributed by atoms with Gasteiger partial charge >= 0.3 is 18.1 Å². The first kappa shape index (κ1) is 20.9. The average molecular weight is 395 g/mol. The molecule has 148 valence electrons. The second-order valence-electron chi connectivity index (χ2n) is 5.68. The average Bonchev–Trinajstić information content (AvgIpc) is 2.67. The minimum atomic E-state index is -4.48. The van der Waals surface area contributed by atoms with Crippen molar-refractivity contribution in [1.29, 1.82) is 0 Å². The Morgan fingerprint density at radius 1 is 0.893 bits per heavy atom. The molecule has 0 aliphatic carbocycles. The number of rotatable bonds is 5. The summed E-state index contributed by atoms with van der Waals surface area (Å²) in [6.45, 7) is 1.32. The zero-order valence-corrected chi connectivity index (χ0v) is 14.9. The molecule has 0 heterocycles. The van der Waals surface area contributed by atoms with Crippen LogP contribution in [0.25, 0.3) is 0 Å². The number of alkyl halides is 3. The third-order valence-electron chi connectivity index (χ3n) is 3.67. The van der Waals surface area contributed by atoms with E-state index in [-0.39, 0.29) is 16.8 Å². The van der Waals surface area contributed by atoms with Crippen molar-refractivity contribution in [3.63, 3.8) is 0 Å². The van der Waals surface area contributed by atoms with Crippen LogP contribution in [0.15, 0.2) is 48.5 Å². The quantitative estimate of drug-likeness (QED) is 0.782. The van der Waals surface area contributed by atoms with Crippen molar-refractivity contribution in [2.75, 3.05) is 12.4 Å². The smallest absolute Gasteiger partial charge is 0.416 e. The van der Waals surface area contributed by atoms with Gasteiger partial charge in [-0.25, -0.2) is 9.59 Å². The van der Waals surface area contributed by atoms with Crippen LogP contribution in [0.3, 0.4) is 0 Å². The van der Waals surface area contributed by atoms with Crippen molar-refractivity contribution in [2.24, 2.45) is 0 Å². The monoisotopic (exact) mass is 395 g/mol. The number of benzene rings is 2. The van der Waals surface area contributed by atoms with Crippen LogP contribution in [0.4, 0.5) is 18.9 Å². The Kier molecular flexibility index (Phi) is 6.40. The zero-order chi connectivity index (χ0) is 20.9. The maximum absolute atomic E-state index is 12.5. The molecule has 9 heteroatoms. The predicted octanol–water partition coefficient (Wildman–Crippen LogP) is 3.68. The molecule has 28 heavy (non-hydrogen) atoms. The Balaban J connectivity index is 1.96. The number of nitrogens with one attached hydrogen (secondary N) is 1. The van der Waals surface area contributed by atoms with E-state index in [9.17, 15) is 27.6 Å². The highest BCUT2D eigenvalue weighted by atomic mass is 19.4. The summed E-state index contributed by atoms with van der Waals surface area (Å²) in [4.78, 5) is 35.5. The third-order valence-corrected chi connectivity index (χ3v) is 3.67. The van der Waals surface area contributed by atoms with E-state index < -0.39 is 35.7 Å². The molecule has 0 fully saturated rings. The van der Waals surface area contributed by atoms with Gasteiger partial charge in [-0.15, -0.1) is 0 Å². The first-order valence-electron chi connectivity index (χ1n) is 7.99. The highest BCUT2D eigenvalue weighted by Crippen LogP contribution is 2.29. The lowest BCUT2D eigenvalue weighted by Crippen LogP contribution is -2.30. The Morgan fingerprint density at radius 2 is 1.39 bits per heavy atom. The molecule has 2 rings (SSSR count). The van der Waals surface area contributed by atoms with Gasteiger partial charge < -0.3 is 14.8 Å². The van der Waals surface area contributed by atoms with E-state index in [1.54, 1.807) is 0 Å². The number of methoxy groups -OCH3 is 1. The summed E-state index contributed by atoms with van der Waals surface area (Å²) in [5.74, 6) is -2.07. The molecule has 2 aromatic rings. The maximum Gasteiger partial charge on any atom is 0.416 e. The standard InChI is InChI=1S/C19H16F3NO5/c1-11(16(24)23-15-9-7-14(8-10-15)19(20,21)22)28-18(26)13-5-3-12(4-6-13)17(25)27-2/h3-11H,1-2H3,(H,23,24). The predicted molar refractivity (Wildman–Crippen MR) is 92.7 cm³/mol. The number of hydrogen-bond acceptors (Lipinski definition) is 5. The molecule has 2 aromatic carbocycles. The van der Waals surface area contributed by atoms with Crippen LogP contribution in [0, 0.1) is 0 Å². The number of ether oxygens (including phenoxy) is 2. The molecule has 1 unspecified atom stereocenters. The van der Waals surface area contributed by atoms with Gasteiger partial charge in [-0.2, -0.15) is 13.2 Å². The summed E-state index contributed by atoms with van der Waals surface area (Å²) in [5, 5.41) is 2.36. The molecule has 0 bridgehead atoms. The number of anilines is 1. The largest absolute Gasteiger partial charge is 0.465 e. The third kappa shape index (κ3) is 5.32. The van der Waals surface area contributed by atoms with E-state index in [0.717, 1.165) is 24.3 Å². The molecule has 1 amide bonds. The van der Waals surface area contributed by atoms with Gasteiger partial charge in [0.1, 0.15) is 0 Å². The van der Waals surface area contributed by atoms with Gasteiger partial charge in [0.2, 0.25) is 0 Å². The van der Waals surface area contributed by atoms with E-state index in [2.05, 4.69) is 10.1 Å². The molecule has 1 atom stereocenters. The Hall–Kier alpha value is -3.36. The number of esters is 2. The molecular weight excluding hydrogens is 379 g/mol. The van der Waals surface area contributed by atoms with Crippen LogP contribution in [0.2, 0.25) is 0 Å². The van der Waals surface area contributed by atoms with Gasteiger partial charge in [-0.1, -0.05) is 0 Å². The van der Waals surface area contributed by atoms with Gasteiger partial charge in [-0.05, 0) is 55.5 Å².